The summed E-state index contributed by atoms with van der Waals surface area (Å²) in [6.45, 7) is 4.72. The number of likely N-dealkylation sites (N-methyl/N-ethyl adjacent to an activating group) is 1. The molecule has 2 atom stereocenters. The van der Waals surface area contributed by atoms with Crippen LogP contribution in [0.4, 0.5) is 0 Å². The smallest absolute Gasteiger partial charge is 0.361 e. The van der Waals surface area contributed by atoms with Crippen LogP contribution >= 0.6 is 0 Å². The van der Waals surface area contributed by atoms with E-state index in [9.17, 15) is 19.5 Å². The van der Waals surface area contributed by atoms with Gasteiger partial charge in [-0.2, -0.15) is 0 Å². The highest BCUT2D eigenvalue weighted by atomic mass is 16.7. The summed E-state index contributed by atoms with van der Waals surface area (Å²) in [7, 11) is 5.95. The maximum absolute atomic E-state index is 12.8. The Balaban J connectivity index is 4.35. The van der Waals surface area contributed by atoms with Gasteiger partial charge in [-0.3, -0.25) is 9.59 Å². The van der Waals surface area contributed by atoms with Gasteiger partial charge in [-0.15, -0.1) is 0 Å². The molecule has 0 saturated heterocycles. The molecule has 352 valence electrons. The summed E-state index contributed by atoms with van der Waals surface area (Å²) in [6, 6.07) is 0. The van der Waals surface area contributed by atoms with Crippen molar-refractivity contribution in [2.75, 3.05) is 47.5 Å². The fraction of sp³-hybridized carbons (Fsp3) is 0.750. The predicted octanol–water partition coefficient (Wildman–Crippen LogP) is 13.3. The van der Waals surface area contributed by atoms with Gasteiger partial charge in [0.15, 0.2) is 6.10 Å². The Bertz CT molecular complexity index is 1180. The van der Waals surface area contributed by atoms with Crippen LogP contribution < -0.4 is 0 Å². The zero-order valence-corrected chi connectivity index (χ0v) is 39.8. The monoisotopic (exact) mass is 859 g/mol. The molecule has 0 radical (unpaired) electrons. The molecule has 0 aliphatic rings. The number of esters is 2. The Morgan fingerprint density at radius 3 is 1.41 bits per heavy atom. The van der Waals surface area contributed by atoms with E-state index in [1.165, 1.54) is 70.6 Å². The summed E-state index contributed by atoms with van der Waals surface area (Å²) in [4.78, 5) is 37.2. The molecule has 0 amide bonds. The molecule has 0 saturated carbocycles. The Morgan fingerprint density at radius 2 is 0.934 bits per heavy atom. The quantitative estimate of drug-likeness (QED) is 0.0212. The molecule has 0 aliphatic carbocycles. The number of unbranched alkanes of at least 4 members (excludes halogenated alkanes) is 19. The summed E-state index contributed by atoms with van der Waals surface area (Å²) in [5.41, 5.74) is 0. The van der Waals surface area contributed by atoms with Gasteiger partial charge < -0.3 is 28.5 Å². The first-order valence-corrected chi connectivity index (χ1v) is 24.5. The molecule has 0 aliphatic heterocycles. The van der Waals surface area contributed by atoms with Crippen molar-refractivity contribution < 1.29 is 42.9 Å². The number of allylic oxidation sites excluding steroid dienone is 10. The Labute approximate surface area is 374 Å². The molecule has 2 unspecified atom stereocenters. The van der Waals surface area contributed by atoms with Gasteiger partial charge in [-0.25, -0.2) is 4.79 Å². The number of quaternary nitrogens is 1. The van der Waals surface area contributed by atoms with Crippen molar-refractivity contribution in [3.63, 3.8) is 0 Å². The number of carboxylic acid groups (broad SMARTS) is 1. The van der Waals surface area contributed by atoms with Crippen LogP contribution in [0.3, 0.4) is 0 Å². The summed E-state index contributed by atoms with van der Waals surface area (Å²) in [5, 5.41) is 9.65. The number of carbonyl (C=O) groups excluding carboxylic acids is 2. The van der Waals surface area contributed by atoms with Crippen LogP contribution in [0.2, 0.25) is 0 Å². The van der Waals surface area contributed by atoms with E-state index in [1.807, 2.05) is 21.1 Å². The highest BCUT2D eigenvalue weighted by Crippen LogP contribution is 2.14. The van der Waals surface area contributed by atoms with Crippen molar-refractivity contribution in [3.8, 4) is 0 Å². The third-order valence-electron chi connectivity index (χ3n) is 10.3. The number of aliphatic carboxylic acids is 1. The molecular formula is C52H92NO8+. The third kappa shape index (κ3) is 44.8. The Morgan fingerprint density at radius 1 is 0.508 bits per heavy atom. The van der Waals surface area contributed by atoms with Crippen LogP contribution in [0.5, 0.6) is 0 Å². The predicted molar refractivity (Wildman–Crippen MR) is 253 cm³/mol. The molecule has 0 fully saturated rings. The number of hydrogen-bond acceptors (Lipinski definition) is 7. The molecule has 0 aromatic carbocycles. The van der Waals surface area contributed by atoms with Crippen molar-refractivity contribution in [2.45, 2.75) is 206 Å². The molecule has 0 aromatic heterocycles. The van der Waals surface area contributed by atoms with Gasteiger partial charge in [0.1, 0.15) is 13.2 Å². The molecular weight excluding hydrogens is 767 g/mol. The van der Waals surface area contributed by atoms with Crippen molar-refractivity contribution >= 4 is 17.9 Å². The number of nitrogens with zero attached hydrogens (tertiary/aromatic N) is 1. The number of carbonyl (C=O) groups is 3. The zero-order valence-electron chi connectivity index (χ0n) is 39.8. The van der Waals surface area contributed by atoms with E-state index in [0.717, 1.165) is 89.9 Å². The van der Waals surface area contributed by atoms with Crippen LogP contribution in [-0.2, 0) is 33.3 Å². The summed E-state index contributed by atoms with van der Waals surface area (Å²) >= 11 is 0. The van der Waals surface area contributed by atoms with Crippen LogP contribution in [0.1, 0.15) is 194 Å². The largest absolute Gasteiger partial charge is 0.477 e. The summed E-state index contributed by atoms with van der Waals surface area (Å²) in [5.74, 6) is -2.03. The lowest BCUT2D eigenvalue weighted by molar-refractivity contribution is -0.870. The van der Waals surface area contributed by atoms with Gasteiger partial charge in [0.2, 0.25) is 0 Å². The standard InChI is InChI=1S/C52H91NO8/c1-6-8-10-12-14-16-18-20-21-22-23-24-25-26-27-28-29-31-33-35-37-39-41-43-50(55)61-48(47-60-52(51(56)57)58-45-44-53(3,4)5)46-59-49(54)42-40-38-36-34-32-30-19-17-15-13-11-9-7-2/h8,10,14,16-17,19-21,23-24,48,52H,6-7,9,11-13,15,18,22,25-47H2,1-5H3/p+1/b10-8-,16-14-,19-17-,21-20-,24-23-. The van der Waals surface area contributed by atoms with Gasteiger partial charge in [-0.05, 0) is 77.0 Å². The summed E-state index contributed by atoms with van der Waals surface area (Å²) in [6.07, 6.45) is 49.9. The lowest BCUT2D eigenvalue weighted by atomic mass is 10.0. The fourth-order valence-electron chi connectivity index (χ4n) is 6.47. The topological polar surface area (TPSA) is 108 Å². The first-order chi connectivity index (χ1) is 29.6. The minimum absolute atomic E-state index is 0.184. The number of ether oxygens (including phenoxy) is 4. The second-order valence-corrected chi connectivity index (χ2v) is 17.4. The second kappa shape index (κ2) is 43.6. The fourth-order valence-corrected chi connectivity index (χ4v) is 6.47. The molecule has 61 heavy (non-hydrogen) atoms. The average Bonchev–Trinajstić information content (AvgIpc) is 3.22. The van der Waals surface area contributed by atoms with Crippen molar-refractivity contribution in [3.05, 3.63) is 60.8 Å². The first-order valence-electron chi connectivity index (χ1n) is 24.5. The zero-order chi connectivity index (χ0) is 44.9. The molecule has 0 bridgehead atoms. The molecule has 9 heteroatoms. The highest BCUT2D eigenvalue weighted by molar-refractivity contribution is 5.71. The molecule has 0 aromatic rings. The van der Waals surface area contributed by atoms with Gasteiger partial charge in [0, 0.05) is 12.8 Å². The highest BCUT2D eigenvalue weighted by Gasteiger charge is 2.25. The lowest BCUT2D eigenvalue weighted by Crippen LogP contribution is -2.40. The third-order valence-corrected chi connectivity index (χ3v) is 10.3. The second-order valence-electron chi connectivity index (χ2n) is 17.4. The normalized spacial score (nSPS) is 13.4. The Hall–Kier alpha value is -3.01. The van der Waals surface area contributed by atoms with Crippen LogP contribution in [0, 0.1) is 0 Å². The van der Waals surface area contributed by atoms with Crippen LogP contribution in [0.25, 0.3) is 0 Å². The van der Waals surface area contributed by atoms with E-state index >= 15 is 0 Å². The molecule has 1 N–H and O–H groups in total. The number of carboxylic acids is 1. The molecule has 0 rings (SSSR count). The molecule has 9 nitrogen and oxygen atoms in total. The average molecular weight is 859 g/mol. The van der Waals surface area contributed by atoms with Crippen molar-refractivity contribution in [1.29, 1.82) is 0 Å². The first kappa shape index (κ1) is 58.0. The van der Waals surface area contributed by atoms with Gasteiger partial charge in [0.25, 0.3) is 6.29 Å². The van der Waals surface area contributed by atoms with Gasteiger partial charge in [-0.1, -0.05) is 164 Å². The van der Waals surface area contributed by atoms with Gasteiger partial charge in [0.05, 0.1) is 34.4 Å². The maximum Gasteiger partial charge on any atom is 0.361 e. The van der Waals surface area contributed by atoms with E-state index < -0.39 is 24.3 Å². The van der Waals surface area contributed by atoms with Crippen molar-refractivity contribution in [1.82, 2.24) is 0 Å². The maximum atomic E-state index is 12.8. The molecule has 0 heterocycles. The molecule has 0 spiro atoms. The van der Waals surface area contributed by atoms with E-state index in [-0.39, 0.29) is 38.6 Å². The van der Waals surface area contributed by atoms with Crippen LogP contribution in [-0.4, -0.2) is 87.4 Å². The van der Waals surface area contributed by atoms with Crippen LogP contribution in [0.15, 0.2) is 60.8 Å². The van der Waals surface area contributed by atoms with E-state index in [1.54, 1.807) is 0 Å². The van der Waals surface area contributed by atoms with E-state index in [0.29, 0.717) is 17.4 Å². The number of rotatable bonds is 44. The minimum Gasteiger partial charge on any atom is -0.477 e. The Kier molecular flexibility index (Phi) is 41.5. The minimum atomic E-state index is -1.51. The SMILES string of the molecule is CC/C=C\C/C=C\C/C=C\C/C=C\CCCCCCCCCCCCC(=O)OC(COC(=O)CCCCCCC/C=C\CCCCCC)COC(OCC[N+](C)(C)C)C(=O)O. The van der Waals surface area contributed by atoms with E-state index in [4.69, 9.17) is 18.9 Å². The van der Waals surface area contributed by atoms with Crippen molar-refractivity contribution in [2.24, 2.45) is 0 Å². The summed E-state index contributed by atoms with van der Waals surface area (Å²) < 4.78 is 22.8. The van der Waals surface area contributed by atoms with E-state index in [2.05, 4.69) is 74.6 Å². The lowest BCUT2D eigenvalue weighted by Gasteiger charge is -2.25. The number of hydrogen-bond donors (Lipinski definition) is 1. The van der Waals surface area contributed by atoms with Gasteiger partial charge >= 0.3 is 17.9 Å².